The number of alkyl halides is 6. The van der Waals surface area contributed by atoms with Gasteiger partial charge in [-0.3, -0.25) is 4.79 Å². The lowest BCUT2D eigenvalue weighted by atomic mass is 9.98. The number of carboxylic acid groups (broad SMARTS) is 1. The van der Waals surface area contributed by atoms with Gasteiger partial charge in [-0.2, -0.15) is 26.3 Å². The molecule has 208 valence electrons. The van der Waals surface area contributed by atoms with E-state index in [1.807, 2.05) is 0 Å². The van der Waals surface area contributed by atoms with Crippen LogP contribution < -0.4 is 15.0 Å². The van der Waals surface area contributed by atoms with Crippen LogP contribution in [0, 0.1) is 0 Å². The number of pyridine rings is 1. The first-order chi connectivity index (χ1) is 18.4. The monoisotopic (exact) mass is 553 g/mol. The van der Waals surface area contributed by atoms with Gasteiger partial charge in [0.15, 0.2) is 0 Å². The number of carboxylic acids is 1. The van der Waals surface area contributed by atoms with Gasteiger partial charge in [0.2, 0.25) is 0 Å². The number of nitrogens with zero attached hydrogens (tertiary/aromatic N) is 2. The molecule has 1 unspecified atom stereocenters. The number of hydrogen-bond donors (Lipinski definition) is 2. The molecule has 1 aliphatic rings. The molecule has 0 saturated carbocycles. The summed E-state index contributed by atoms with van der Waals surface area (Å²) in [4.78, 5) is 16.9. The van der Waals surface area contributed by atoms with Crippen LogP contribution in [0.2, 0.25) is 0 Å². The van der Waals surface area contributed by atoms with E-state index in [0.29, 0.717) is 30.6 Å². The highest BCUT2D eigenvalue weighted by Gasteiger charge is 2.38. The van der Waals surface area contributed by atoms with Crippen LogP contribution in [0.25, 0.3) is 0 Å². The van der Waals surface area contributed by atoms with Crippen LogP contribution in [-0.2, 0) is 23.7 Å². The molecule has 0 saturated heterocycles. The third-order valence-corrected chi connectivity index (χ3v) is 6.34. The molecule has 2 aromatic carbocycles. The molecular weight excluding hydrogens is 528 g/mol. The normalized spacial score (nSPS) is 15.0. The second-order valence-corrected chi connectivity index (χ2v) is 9.10. The summed E-state index contributed by atoms with van der Waals surface area (Å²) in [5.74, 6) is -0.200. The van der Waals surface area contributed by atoms with Crippen molar-refractivity contribution in [1.29, 1.82) is 0 Å². The number of fused-ring (bicyclic) bond motifs is 1. The maximum Gasteiger partial charge on any atom is 0.416 e. The molecule has 0 bridgehead atoms. The van der Waals surface area contributed by atoms with E-state index < -0.39 is 29.4 Å². The average molecular weight is 554 g/mol. The third-order valence-electron chi connectivity index (χ3n) is 6.34. The number of nitrogens with one attached hydrogen (secondary N) is 1. The van der Waals surface area contributed by atoms with Crippen molar-refractivity contribution in [1.82, 2.24) is 4.98 Å². The summed E-state index contributed by atoms with van der Waals surface area (Å²) in [6.07, 6.45) is -8.06. The molecule has 4 rings (SSSR count). The van der Waals surface area contributed by atoms with E-state index in [-0.39, 0.29) is 43.7 Å². The van der Waals surface area contributed by atoms with Crippen LogP contribution in [-0.4, -0.2) is 35.8 Å². The summed E-state index contributed by atoms with van der Waals surface area (Å²) < 4.78 is 86.2. The number of carbonyl (C=O) groups is 1. The zero-order valence-corrected chi connectivity index (χ0v) is 20.5. The van der Waals surface area contributed by atoms with E-state index >= 15 is 0 Å². The summed E-state index contributed by atoms with van der Waals surface area (Å²) >= 11 is 0. The summed E-state index contributed by atoms with van der Waals surface area (Å²) in [6, 6.07) is 11.9. The Kier molecular flexibility index (Phi) is 8.22. The van der Waals surface area contributed by atoms with E-state index in [9.17, 15) is 31.1 Å². The van der Waals surface area contributed by atoms with Gasteiger partial charge in [-0.15, -0.1) is 0 Å². The van der Waals surface area contributed by atoms with Gasteiger partial charge in [-0.05, 0) is 60.0 Å². The van der Waals surface area contributed by atoms with Crippen LogP contribution >= 0.6 is 0 Å². The van der Waals surface area contributed by atoms with E-state index in [1.165, 1.54) is 6.20 Å². The number of halogens is 6. The number of rotatable bonds is 10. The summed E-state index contributed by atoms with van der Waals surface area (Å²) in [6.45, 7) is 0.598. The third kappa shape index (κ3) is 7.12. The van der Waals surface area contributed by atoms with Crippen molar-refractivity contribution in [2.24, 2.45) is 0 Å². The topological polar surface area (TPSA) is 74.7 Å². The molecule has 2 N–H and O–H groups in total. The SMILES string of the molecule is O=C(O)CC1CNc2ccc(OCCCN(Cc3ccc(C(F)(F)F)cc3C(F)(F)F)c3ccccn3)cc21. The lowest BCUT2D eigenvalue weighted by Crippen LogP contribution is -2.27. The predicted molar refractivity (Wildman–Crippen MR) is 132 cm³/mol. The summed E-state index contributed by atoms with van der Waals surface area (Å²) in [5, 5.41) is 12.3. The van der Waals surface area contributed by atoms with Crippen LogP contribution in [0.5, 0.6) is 5.75 Å². The van der Waals surface area contributed by atoms with Crippen molar-refractivity contribution >= 4 is 17.5 Å². The zero-order valence-electron chi connectivity index (χ0n) is 20.5. The van der Waals surface area contributed by atoms with Crippen molar-refractivity contribution in [3.8, 4) is 5.75 Å². The molecule has 12 heteroatoms. The fourth-order valence-electron chi connectivity index (χ4n) is 4.49. The molecular formula is C27H25F6N3O3. The highest BCUT2D eigenvalue weighted by atomic mass is 19.4. The molecule has 39 heavy (non-hydrogen) atoms. The predicted octanol–water partition coefficient (Wildman–Crippen LogP) is 6.58. The van der Waals surface area contributed by atoms with Crippen molar-refractivity contribution in [3.63, 3.8) is 0 Å². The van der Waals surface area contributed by atoms with Gasteiger partial charge in [0.25, 0.3) is 0 Å². The largest absolute Gasteiger partial charge is 0.494 e. The molecule has 1 aliphatic heterocycles. The molecule has 0 fully saturated rings. The number of ether oxygens (including phenoxy) is 1. The zero-order chi connectivity index (χ0) is 28.2. The summed E-state index contributed by atoms with van der Waals surface area (Å²) in [5.41, 5.74) is -1.35. The van der Waals surface area contributed by atoms with Crippen LogP contribution in [0.1, 0.15) is 41.0 Å². The Bertz CT molecular complexity index is 1300. The number of aromatic nitrogens is 1. The molecule has 0 spiro atoms. The van der Waals surface area contributed by atoms with Gasteiger partial charge in [0.05, 0.1) is 24.2 Å². The highest BCUT2D eigenvalue weighted by Crippen LogP contribution is 2.38. The molecule has 0 radical (unpaired) electrons. The Hall–Kier alpha value is -3.96. The molecule has 6 nitrogen and oxygen atoms in total. The fraction of sp³-hybridized carbons (Fsp3) is 0.333. The van der Waals surface area contributed by atoms with Gasteiger partial charge >= 0.3 is 18.3 Å². The van der Waals surface area contributed by atoms with Gasteiger partial charge in [-0.1, -0.05) is 12.1 Å². The number of aliphatic carboxylic acids is 1. The smallest absolute Gasteiger partial charge is 0.416 e. The minimum absolute atomic E-state index is 0.0215. The number of anilines is 2. The lowest BCUT2D eigenvalue weighted by molar-refractivity contribution is -0.143. The molecule has 2 heterocycles. The minimum Gasteiger partial charge on any atom is -0.494 e. The van der Waals surface area contributed by atoms with Gasteiger partial charge in [0.1, 0.15) is 11.6 Å². The van der Waals surface area contributed by atoms with E-state index in [0.717, 1.165) is 17.3 Å². The first-order valence-electron chi connectivity index (χ1n) is 12.1. The molecule has 1 aromatic heterocycles. The Morgan fingerprint density at radius 3 is 2.51 bits per heavy atom. The quantitative estimate of drug-likeness (QED) is 0.218. The van der Waals surface area contributed by atoms with Crippen LogP contribution in [0.3, 0.4) is 0 Å². The Morgan fingerprint density at radius 1 is 1.05 bits per heavy atom. The molecule has 1 atom stereocenters. The first kappa shape index (κ1) is 28.1. The Labute approximate surface area is 220 Å². The Morgan fingerprint density at radius 2 is 1.85 bits per heavy atom. The van der Waals surface area contributed by atoms with E-state index in [1.54, 1.807) is 41.3 Å². The lowest BCUT2D eigenvalue weighted by Gasteiger charge is -2.26. The highest BCUT2D eigenvalue weighted by molar-refractivity contribution is 5.71. The van der Waals surface area contributed by atoms with Crippen molar-refractivity contribution in [2.45, 2.75) is 37.7 Å². The standard InChI is InChI=1S/C27H25F6N3O3/c28-26(29,30)19-6-5-17(22(13-19)27(31,32)33)16-36(24-4-1-2-9-34-24)10-3-11-39-20-7-8-23-21(14-20)18(15-35-23)12-25(37)38/h1-2,4-9,13-14,18,35H,3,10-12,15-16H2,(H,37,38). The first-order valence-corrected chi connectivity index (χ1v) is 12.1. The van der Waals surface area contributed by atoms with E-state index in [4.69, 9.17) is 9.84 Å². The number of benzene rings is 2. The van der Waals surface area contributed by atoms with Crippen LogP contribution in [0.15, 0.2) is 60.8 Å². The van der Waals surface area contributed by atoms with Crippen molar-refractivity contribution in [3.05, 3.63) is 83.0 Å². The number of hydrogen-bond acceptors (Lipinski definition) is 5. The van der Waals surface area contributed by atoms with E-state index in [2.05, 4.69) is 10.3 Å². The molecule has 0 amide bonds. The second kappa shape index (κ2) is 11.4. The average Bonchev–Trinajstić information content (AvgIpc) is 3.26. The van der Waals surface area contributed by atoms with Crippen molar-refractivity contribution in [2.75, 3.05) is 29.9 Å². The maximum absolute atomic E-state index is 13.7. The van der Waals surface area contributed by atoms with Crippen molar-refractivity contribution < 1.29 is 41.0 Å². The van der Waals surface area contributed by atoms with Gasteiger partial charge in [0, 0.05) is 37.4 Å². The minimum atomic E-state index is -4.98. The van der Waals surface area contributed by atoms with Crippen LogP contribution in [0.4, 0.5) is 37.8 Å². The Balaban J connectivity index is 1.46. The van der Waals surface area contributed by atoms with Gasteiger partial charge < -0.3 is 20.1 Å². The molecule has 0 aliphatic carbocycles. The summed E-state index contributed by atoms with van der Waals surface area (Å²) in [7, 11) is 0. The second-order valence-electron chi connectivity index (χ2n) is 9.10. The maximum atomic E-state index is 13.7. The molecule has 3 aromatic rings. The van der Waals surface area contributed by atoms with Gasteiger partial charge in [-0.25, -0.2) is 4.98 Å². The fourth-order valence-corrected chi connectivity index (χ4v) is 4.49.